The van der Waals surface area contributed by atoms with Crippen molar-refractivity contribution in [3.63, 3.8) is 0 Å². The van der Waals surface area contributed by atoms with Gasteiger partial charge in [0.15, 0.2) is 5.60 Å². The van der Waals surface area contributed by atoms with Gasteiger partial charge < -0.3 is 10.1 Å². The van der Waals surface area contributed by atoms with Crippen LogP contribution in [0.1, 0.15) is 33.6 Å². The molecule has 9 heteroatoms. The standard InChI is InChI=1S/C20H22N6O3/c1-18(2)19(3)8-9-20(18,29-17(19)28)16(27)22-13-10-21-25(11-13)12-26-15-7-5-4-6-14(15)23-24-26/h4-7,10-11H,8-9,12H2,1-3H3,(H,22,27). The van der Waals surface area contributed by atoms with Crippen molar-refractivity contribution in [2.75, 3.05) is 5.32 Å². The van der Waals surface area contributed by atoms with Gasteiger partial charge in [-0.2, -0.15) is 5.10 Å². The van der Waals surface area contributed by atoms with Gasteiger partial charge in [-0.15, -0.1) is 5.10 Å². The third kappa shape index (κ3) is 2.24. The fourth-order valence-corrected chi connectivity index (χ4v) is 4.64. The fraction of sp³-hybridized carbons (Fsp3) is 0.450. The number of carbonyl (C=O) groups is 2. The lowest BCUT2D eigenvalue weighted by molar-refractivity contribution is -0.165. The molecule has 2 unspecified atom stereocenters. The minimum atomic E-state index is -1.15. The first kappa shape index (κ1) is 17.8. The van der Waals surface area contributed by atoms with Crippen LogP contribution in [0.5, 0.6) is 0 Å². The summed E-state index contributed by atoms with van der Waals surface area (Å²) in [5.74, 6) is -0.597. The Morgan fingerprint density at radius 1 is 1.24 bits per heavy atom. The first-order chi connectivity index (χ1) is 13.8. The molecule has 29 heavy (non-hydrogen) atoms. The highest BCUT2D eigenvalue weighted by molar-refractivity contribution is 6.03. The van der Waals surface area contributed by atoms with E-state index in [4.69, 9.17) is 4.74 Å². The van der Waals surface area contributed by atoms with E-state index < -0.39 is 16.4 Å². The number of esters is 1. The summed E-state index contributed by atoms with van der Waals surface area (Å²) in [4.78, 5) is 25.5. The Hall–Kier alpha value is -3.23. The number of amides is 1. The number of fused-ring (bicyclic) bond motifs is 3. The molecule has 2 aliphatic rings. The molecule has 1 saturated heterocycles. The maximum atomic E-state index is 13.1. The number of nitrogens with one attached hydrogen (secondary N) is 1. The maximum absolute atomic E-state index is 13.1. The molecule has 2 fully saturated rings. The van der Waals surface area contributed by atoms with Crippen LogP contribution in [0, 0.1) is 10.8 Å². The average molecular weight is 394 g/mol. The molecule has 9 nitrogen and oxygen atoms in total. The van der Waals surface area contributed by atoms with E-state index in [9.17, 15) is 9.59 Å². The molecule has 2 aromatic heterocycles. The first-order valence-electron chi connectivity index (χ1n) is 9.62. The number of nitrogens with zero attached hydrogens (tertiary/aromatic N) is 5. The summed E-state index contributed by atoms with van der Waals surface area (Å²) in [6.07, 6.45) is 4.46. The van der Waals surface area contributed by atoms with E-state index in [0.29, 0.717) is 25.2 Å². The zero-order valence-corrected chi connectivity index (χ0v) is 16.5. The van der Waals surface area contributed by atoms with Crippen molar-refractivity contribution in [1.82, 2.24) is 24.8 Å². The number of rotatable bonds is 4. The minimum absolute atomic E-state index is 0.294. The zero-order chi connectivity index (χ0) is 20.4. The molecule has 3 aromatic rings. The highest BCUT2D eigenvalue weighted by atomic mass is 16.6. The molecule has 5 rings (SSSR count). The SMILES string of the molecule is CC12CCC(C(=O)Nc3cnn(Cn4nnc5ccccc54)c3)(OC1=O)C2(C)C. The number of carbonyl (C=O) groups excluding carboxylic acids is 2. The van der Waals surface area contributed by atoms with E-state index in [1.165, 1.54) is 0 Å². The average Bonchev–Trinajstić information content (AvgIpc) is 3.38. The largest absolute Gasteiger partial charge is 0.448 e. The summed E-state index contributed by atoms with van der Waals surface area (Å²) < 4.78 is 9.04. The fourth-order valence-electron chi connectivity index (χ4n) is 4.64. The summed E-state index contributed by atoms with van der Waals surface area (Å²) in [6, 6.07) is 7.67. The number of hydrogen-bond acceptors (Lipinski definition) is 6. The Bertz CT molecular complexity index is 1150. The predicted molar refractivity (Wildman–Crippen MR) is 104 cm³/mol. The molecule has 1 saturated carbocycles. The van der Waals surface area contributed by atoms with Crippen LogP contribution in [0.4, 0.5) is 5.69 Å². The number of anilines is 1. The molecule has 2 bridgehead atoms. The quantitative estimate of drug-likeness (QED) is 0.681. The van der Waals surface area contributed by atoms with Crippen LogP contribution in [0.15, 0.2) is 36.7 Å². The van der Waals surface area contributed by atoms with Gasteiger partial charge in [-0.25, -0.2) is 9.36 Å². The monoisotopic (exact) mass is 394 g/mol. The van der Waals surface area contributed by atoms with Crippen LogP contribution in [-0.2, 0) is 21.0 Å². The van der Waals surface area contributed by atoms with E-state index in [0.717, 1.165) is 11.0 Å². The van der Waals surface area contributed by atoms with Gasteiger partial charge >= 0.3 is 5.97 Å². The summed E-state index contributed by atoms with van der Waals surface area (Å²) in [5.41, 5.74) is -0.122. The highest BCUT2D eigenvalue weighted by Gasteiger charge is 2.75. The Labute approximate surface area is 167 Å². The van der Waals surface area contributed by atoms with Crippen molar-refractivity contribution in [3.8, 4) is 0 Å². The van der Waals surface area contributed by atoms with Gasteiger partial charge in [0.2, 0.25) is 0 Å². The molecule has 1 aromatic carbocycles. The van der Waals surface area contributed by atoms with E-state index in [1.54, 1.807) is 21.8 Å². The Morgan fingerprint density at radius 3 is 2.76 bits per heavy atom. The summed E-state index contributed by atoms with van der Waals surface area (Å²) in [6.45, 7) is 6.12. The smallest absolute Gasteiger partial charge is 0.313 e. The molecule has 1 aliphatic heterocycles. The van der Waals surface area contributed by atoms with Gasteiger partial charge in [0.05, 0.1) is 29.0 Å². The second-order valence-corrected chi connectivity index (χ2v) is 8.62. The van der Waals surface area contributed by atoms with Crippen LogP contribution >= 0.6 is 0 Å². The summed E-state index contributed by atoms with van der Waals surface area (Å²) >= 11 is 0. The van der Waals surface area contributed by atoms with E-state index >= 15 is 0 Å². The third-order valence-corrected chi connectivity index (χ3v) is 7.04. The Morgan fingerprint density at radius 2 is 2.03 bits per heavy atom. The molecular weight excluding hydrogens is 372 g/mol. The molecule has 1 N–H and O–H groups in total. The molecule has 1 aliphatic carbocycles. The zero-order valence-electron chi connectivity index (χ0n) is 16.5. The second kappa shape index (κ2) is 5.65. The summed E-state index contributed by atoms with van der Waals surface area (Å²) in [5, 5.41) is 15.5. The minimum Gasteiger partial charge on any atom is -0.448 e. The maximum Gasteiger partial charge on any atom is 0.313 e. The molecule has 3 heterocycles. The van der Waals surface area contributed by atoms with Gasteiger partial charge in [0.1, 0.15) is 12.2 Å². The molecule has 2 atom stereocenters. The van der Waals surface area contributed by atoms with Gasteiger partial charge in [0.25, 0.3) is 5.91 Å². The number of hydrogen-bond donors (Lipinski definition) is 1. The Kier molecular flexibility index (Phi) is 3.48. The number of benzene rings is 1. The predicted octanol–water partition coefficient (Wildman–Crippen LogP) is 2.19. The number of para-hydroxylation sites is 1. The van der Waals surface area contributed by atoms with Crippen LogP contribution in [-0.4, -0.2) is 42.3 Å². The lowest BCUT2D eigenvalue weighted by atomic mass is 9.66. The van der Waals surface area contributed by atoms with Crippen LogP contribution < -0.4 is 5.32 Å². The molecule has 0 spiro atoms. The number of ether oxygens (including phenoxy) is 1. The van der Waals surface area contributed by atoms with Crippen molar-refractivity contribution in [3.05, 3.63) is 36.7 Å². The van der Waals surface area contributed by atoms with Crippen molar-refractivity contribution < 1.29 is 14.3 Å². The Balaban J connectivity index is 1.36. The molecule has 1 amide bonds. The normalized spacial score (nSPS) is 27.3. The van der Waals surface area contributed by atoms with Gasteiger partial charge in [-0.05, 0) is 31.9 Å². The topological polar surface area (TPSA) is 104 Å². The molecule has 0 radical (unpaired) electrons. The van der Waals surface area contributed by atoms with Crippen LogP contribution in [0.25, 0.3) is 11.0 Å². The lowest BCUT2D eigenvalue weighted by Crippen LogP contribution is -2.50. The number of aromatic nitrogens is 5. The molecule has 150 valence electrons. The van der Waals surface area contributed by atoms with Gasteiger partial charge in [-0.1, -0.05) is 31.2 Å². The van der Waals surface area contributed by atoms with Crippen molar-refractivity contribution in [2.24, 2.45) is 10.8 Å². The van der Waals surface area contributed by atoms with Gasteiger partial charge in [0, 0.05) is 5.41 Å². The van der Waals surface area contributed by atoms with Crippen molar-refractivity contribution >= 4 is 28.6 Å². The van der Waals surface area contributed by atoms with E-state index in [-0.39, 0.29) is 11.9 Å². The van der Waals surface area contributed by atoms with Gasteiger partial charge in [-0.3, -0.25) is 9.59 Å². The summed E-state index contributed by atoms with van der Waals surface area (Å²) in [7, 11) is 0. The lowest BCUT2D eigenvalue weighted by Gasteiger charge is -2.35. The first-order valence-corrected chi connectivity index (χ1v) is 9.62. The highest BCUT2D eigenvalue weighted by Crippen LogP contribution is 2.65. The van der Waals surface area contributed by atoms with Crippen LogP contribution in [0.2, 0.25) is 0 Å². The van der Waals surface area contributed by atoms with Crippen molar-refractivity contribution in [1.29, 1.82) is 0 Å². The third-order valence-electron chi connectivity index (χ3n) is 7.04. The van der Waals surface area contributed by atoms with Crippen molar-refractivity contribution in [2.45, 2.75) is 45.9 Å². The van der Waals surface area contributed by atoms with Crippen LogP contribution in [0.3, 0.4) is 0 Å². The van der Waals surface area contributed by atoms with E-state index in [2.05, 4.69) is 20.7 Å². The van der Waals surface area contributed by atoms with E-state index in [1.807, 2.05) is 45.0 Å². The molecular formula is C20H22N6O3. The second-order valence-electron chi connectivity index (χ2n) is 8.62.